The highest BCUT2D eigenvalue weighted by Crippen LogP contribution is 2.35. The number of nitrogens with one attached hydrogen (secondary N) is 3. The first-order valence-electron chi connectivity index (χ1n) is 13.8. The molecule has 46 heavy (non-hydrogen) atoms. The molecule has 0 spiro atoms. The number of nitro groups is 1. The molecule has 0 aromatic heterocycles. The Bertz CT molecular complexity index is 1780. The molecule has 4 aromatic rings. The van der Waals surface area contributed by atoms with E-state index in [0.717, 1.165) is 17.8 Å². The summed E-state index contributed by atoms with van der Waals surface area (Å²) in [5, 5.41) is 18.4. The number of anilines is 2. The summed E-state index contributed by atoms with van der Waals surface area (Å²) < 4.78 is 40.3. The summed E-state index contributed by atoms with van der Waals surface area (Å²) in [6.45, 7) is 1.72. The van der Waals surface area contributed by atoms with Crippen LogP contribution < -0.4 is 16.0 Å². The van der Waals surface area contributed by atoms with Crippen molar-refractivity contribution in [3.8, 4) is 0 Å². The Kier molecular flexibility index (Phi) is 10.9. The molecule has 4 aromatic carbocycles. The van der Waals surface area contributed by atoms with Gasteiger partial charge in [-0.3, -0.25) is 24.5 Å². The highest BCUT2D eigenvalue weighted by molar-refractivity contribution is 8.00. The van der Waals surface area contributed by atoms with Crippen LogP contribution in [0, 0.1) is 10.1 Å². The van der Waals surface area contributed by atoms with Gasteiger partial charge in [-0.15, -0.1) is 11.8 Å². The predicted octanol–water partition coefficient (Wildman–Crippen LogP) is 7.53. The zero-order valence-corrected chi connectivity index (χ0v) is 25.0. The van der Waals surface area contributed by atoms with Crippen molar-refractivity contribution < 1.29 is 32.5 Å². The van der Waals surface area contributed by atoms with Gasteiger partial charge in [0.15, 0.2) is 0 Å². The van der Waals surface area contributed by atoms with Crippen molar-refractivity contribution in [3.05, 3.63) is 136 Å². The molecule has 4 rings (SSSR count). The van der Waals surface area contributed by atoms with Gasteiger partial charge in [-0.1, -0.05) is 55.5 Å². The molecular formula is C33H27F3N4O5S. The van der Waals surface area contributed by atoms with Crippen molar-refractivity contribution in [2.24, 2.45) is 0 Å². The molecule has 0 radical (unpaired) electrons. The molecule has 1 unspecified atom stereocenters. The maximum atomic E-state index is 13.5. The van der Waals surface area contributed by atoms with Gasteiger partial charge in [0.2, 0.25) is 5.91 Å². The number of carbonyl (C=O) groups is 3. The van der Waals surface area contributed by atoms with Crippen molar-refractivity contribution in [2.75, 3.05) is 10.6 Å². The topological polar surface area (TPSA) is 130 Å². The summed E-state index contributed by atoms with van der Waals surface area (Å²) in [5.41, 5.74) is -1.25. The fourth-order valence-electron chi connectivity index (χ4n) is 4.26. The second-order valence-electron chi connectivity index (χ2n) is 9.72. The van der Waals surface area contributed by atoms with Crippen LogP contribution in [0.3, 0.4) is 0 Å². The van der Waals surface area contributed by atoms with Crippen LogP contribution in [0.25, 0.3) is 6.08 Å². The maximum absolute atomic E-state index is 13.5. The largest absolute Gasteiger partial charge is 0.418 e. The van der Waals surface area contributed by atoms with Crippen LogP contribution in [0.1, 0.15) is 34.8 Å². The van der Waals surface area contributed by atoms with Crippen molar-refractivity contribution in [3.63, 3.8) is 0 Å². The van der Waals surface area contributed by atoms with Crippen molar-refractivity contribution >= 4 is 52.6 Å². The molecule has 0 saturated carbocycles. The second kappa shape index (κ2) is 15.0. The first-order chi connectivity index (χ1) is 22.0. The number of nitro benzene ring substituents is 1. The van der Waals surface area contributed by atoms with E-state index in [9.17, 15) is 37.7 Å². The summed E-state index contributed by atoms with van der Waals surface area (Å²) in [6.07, 6.45) is -3.16. The number of para-hydroxylation sites is 2. The lowest BCUT2D eigenvalue weighted by atomic mass is 10.1. The summed E-state index contributed by atoms with van der Waals surface area (Å²) in [6, 6.07) is 24.9. The number of halogens is 3. The normalized spacial score (nSPS) is 12.1. The SMILES string of the molecule is CCC(Sc1cccc(NC(=O)/C(=C\c2ccccc2[N+](=O)[O-])NC(=O)c2ccccc2)c1)C(=O)Nc1ccccc1C(F)(F)F. The first-order valence-corrected chi connectivity index (χ1v) is 14.7. The van der Waals surface area contributed by atoms with E-state index in [-0.39, 0.29) is 40.3 Å². The number of nitrogens with zero attached hydrogens (tertiary/aromatic N) is 1. The minimum atomic E-state index is -4.65. The molecule has 0 bridgehead atoms. The molecule has 13 heteroatoms. The van der Waals surface area contributed by atoms with E-state index in [1.54, 1.807) is 67.6 Å². The zero-order chi connectivity index (χ0) is 33.3. The van der Waals surface area contributed by atoms with Gasteiger partial charge >= 0.3 is 6.18 Å². The Hall–Kier alpha value is -5.43. The molecule has 0 aliphatic rings. The van der Waals surface area contributed by atoms with Crippen LogP contribution >= 0.6 is 11.8 Å². The Morgan fingerprint density at radius 3 is 2.26 bits per heavy atom. The van der Waals surface area contributed by atoms with Crippen LogP contribution in [0.2, 0.25) is 0 Å². The second-order valence-corrected chi connectivity index (χ2v) is 11.0. The van der Waals surface area contributed by atoms with Gasteiger partial charge in [0.1, 0.15) is 5.70 Å². The molecule has 0 aliphatic carbocycles. The molecule has 0 fully saturated rings. The van der Waals surface area contributed by atoms with Gasteiger partial charge in [0.25, 0.3) is 17.5 Å². The number of carbonyl (C=O) groups excluding carboxylic acids is 3. The van der Waals surface area contributed by atoms with Crippen molar-refractivity contribution in [2.45, 2.75) is 29.7 Å². The third-order valence-corrected chi connectivity index (χ3v) is 7.84. The average Bonchev–Trinajstić information content (AvgIpc) is 3.03. The molecule has 0 saturated heterocycles. The van der Waals surface area contributed by atoms with E-state index in [1.165, 1.54) is 42.5 Å². The number of hydrogen-bond acceptors (Lipinski definition) is 6. The lowest BCUT2D eigenvalue weighted by Crippen LogP contribution is -2.30. The quantitative estimate of drug-likeness (QED) is 0.0667. The molecule has 3 N–H and O–H groups in total. The fraction of sp³-hybridized carbons (Fsp3) is 0.121. The minimum absolute atomic E-state index is 0.0826. The van der Waals surface area contributed by atoms with E-state index in [0.29, 0.717) is 4.90 Å². The van der Waals surface area contributed by atoms with Gasteiger partial charge in [-0.25, -0.2) is 0 Å². The highest BCUT2D eigenvalue weighted by atomic mass is 32.2. The van der Waals surface area contributed by atoms with Gasteiger partial charge in [-0.2, -0.15) is 13.2 Å². The van der Waals surface area contributed by atoms with E-state index in [2.05, 4.69) is 16.0 Å². The first kappa shape index (κ1) is 33.5. The number of alkyl halides is 3. The number of thioether (sulfide) groups is 1. The summed E-state index contributed by atoms with van der Waals surface area (Å²) in [4.78, 5) is 50.9. The average molecular weight is 649 g/mol. The highest BCUT2D eigenvalue weighted by Gasteiger charge is 2.34. The van der Waals surface area contributed by atoms with Gasteiger partial charge < -0.3 is 16.0 Å². The number of rotatable bonds is 11. The Morgan fingerprint density at radius 1 is 0.891 bits per heavy atom. The van der Waals surface area contributed by atoms with Gasteiger partial charge in [0.05, 0.1) is 27.0 Å². The Morgan fingerprint density at radius 2 is 1.57 bits per heavy atom. The predicted molar refractivity (Wildman–Crippen MR) is 170 cm³/mol. The molecule has 1 atom stereocenters. The van der Waals surface area contributed by atoms with Crippen LogP contribution in [-0.4, -0.2) is 27.9 Å². The van der Waals surface area contributed by atoms with Gasteiger partial charge in [0, 0.05) is 22.2 Å². The van der Waals surface area contributed by atoms with Crippen molar-refractivity contribution in [1.82, 2.24) is 5.32 Å². The lowest BCUT2D eigenvalue weighted by Gasteiger charge is -2.18. The maximum Gasteiger partial charge on any atom is 0.418 e. The summed E-state index contributed by atoms with van der Waals surface area (Å²) in [7, 11) is 0. The number of amides is 3. The Balaban J connectivity index is 1.55. The fourth-order valence-corrected chi connectivity index (χ4v) is 5.27. The third kappa shape index (κ3) is 8.82. The molecule has 9 nitrogen and oxygen atoms in total. The standard InChI is InChI=1S/C33H27F3N4O5S/c1-2-29(32(43)38-26-17-8-7-16-25(26)33(34,35)36)46-24-15-10-14-23(20-24)37-31(42)27(39-30(41)21-11-4-3-5-12-21)19-22-13-6-9-18-28(22)40(44)45/h3-20,29H,2H2,1H3,(H,37,42)(H,38,43)(H,39,41)/b27-19+. The monoisotopic (exact) mass is 648 g/mol. The minimum Gasteiger partial charge on any atom is -0.325 e. The lowest BCUT2D eigenvalue weighted by molar-refractivity contribution is -0.385. The molecular weight excluding hydrogens is 621 g/mol. The molecule has 236 valence electrons. The molecule has 0 heterocycles. The number of hydrogen-bond donors (Lipinski definition) is 3. The zero-order valence-electron chi connectivity index (χ0n) is 24.2. The summed E-state index contributed by atoms with van der Waals surface area (Å²) in [5.74, 6) is -2.02. The van der Waals surface area contributed by atoms with E-state index < -0.39 is 39.6 Å². The summed E-state index contributed by atoms with van der Waals surface area (Å²) >= 11 is 1.09. The van der Waals surface area contributed by atoms with E-state index in [4.69, 9.17) is 0 Å². The van der Waals surface area contributed by atoms with Crippen LogP contribution in [0.15, 0.2) is 114 Å². The van der Waals surface area contributed by atoms with Crippen LogP contribution in [0.4, 0.5) is 30.2 Å². The van der Waals surface area contributed by atoms with E-state index >= 15 is 0 Å². The van der Waals surface area contributed by atoms with Crippen LogP contribution in [-0.2, 0) is 15.8 Å². The molecule has 0 aliphatic heterocycles. The van der Waals surface area contributed by atoms with Crippen molar-refractivity contribution in [1.29, 1.82) is 0 Å². The number of benzene rings is 4. The van der Waals surface area contributed by atoms with E-state index in [1.807, 2.05) is 0 Å². The molecule has 3 amide bonds. The van der Waals surface area contributed by atoms with Gasteiger partial charge in [-0.05, 0) is 61.0 Å². The Labute approximate surface area is 266 Å². The van der Waals surface area contributed by atoms with Crippen LogP contribution in [0.5, 0.6) is 0 Å². The smallest absolute Gasteiger partial charge is 0.325 e. The third-order valence-electron chi connectivity index (χ3n) is 6.49.